The lowest BCUT2D eigenvalue weighted by atomic mass is 10.1. The molecule has 0 amide bonds. The molecule has 3 aromatic rings. The number of alkyl halides is 2. The van der Waals surface area contributed by atoms with Crippen molar-refractivity contribution in [3.63, 3.8) is 0 Å². The van der Waals surface area contributed by atoms with Crippen LogP contribution in [-0.4, -0.2) is 14.8 Å². The van der Waals surface area contributed by atoms with E-state index in [4.69, 9.17) is 17.0 Å². The van der Waals surface area contributed by atoms with Crippen molar-refractivity contribution in [1.82, 2.24) is 14.8 Å². The van der Waals surface area contributed by atoms with Crippen LogP contribution >= 0.6 is 11.6 Å². The van der Waals surface area contributed by atoms with Gasteiger partial charge in [-0.05, 0) is 35.7 Å². The predicted octanol–water partition coefficient (Wildman–Crippen LogP) is 2.65. The maximum Gasteiger partial charge on any atom is 0.292 e. The fourth-order valence-electron chi connectivity index (χ4n) is 2.22. The maximum atomic E-state index is 14.5. The number of rotatable bonds is 3. The molecule has 0 saturated heterocycles. The fourth-order valence-corrected chi connectivity index (χ4v) is 2.37. The predicted molar refractivity (Wildman–Crippen MR) is 81.6 cm³/mol. The summed E-state index contributed by atoms with van der Waals surface area (Å²) in [6.07, 6.45) is 0. The number of pyridine rings is 1. The summed E-state index contributed by atoms with van der Waals surface area (Å²) in [7, 11) is 0. The van der Waals surface area contributed by atoms with Crippen molar-refractivity contribution < 1.29 is 8.78 Å². The number of aromatic amines is 1. The number of hydrogen-bond donors (Lipinski definition) is 2. The number of nitrogens with one attached hydrogen (secondary N) is 2. The number of aromatic nitrogens is 3. The summed E-state index contributed by atoms with van der Waals surface area (Å²) in [5.41, 5.74) is -0.216. The number of fused-ring (bicyclic) bond motifs is 1. The van der Waals surface area contributed by atoms with Crippen LogP contribution in [0.2, 0.25) is 5.15 Å². The van der Waals surface area contributed by atoms with Gasteiger partial charge in [0.05, 0.1) is 0 Å². The Morgan fingerprint density at radius 1 is 1.22 bits per heavy atom. The van der Waals surface area contributed by atoms with Gasteiger partial charge in [0, 0.05) is 17.1 Å². The van der Waals surface area contributed by atoms with Gasteiger partial charge in [-0.25, -0.2) is 4.68 Å². The standard InChI is InChI=1S/C15H11ClF2N4O/c16-12-4-5-13(19)22(21-12)8-15(17,18)10-2-3-11-9(7-10)1-6-14(23)20-11/h1-7,19H,8H2,(H,20,23). The van der Waals surface area contributed by atoms with E-state index in [-0.39, 0.29) is 21.8 Å². The Bertz CT molecular complexity index is 996. The van der Waals surface area contributed by atoms with E-state index in [1.165, 1.54) is 42.5 Å². The first kappa shape index (κ1) is 15.4. The molecule has 2 heterocycles. The molecule has 0 atom stereocenters. The topological polar surface area (TPSA) is 74.5 Å². The van der Waals surface area contributed by atoms with Crippen LogP contribution in [0.5, 0.6) is 0 Å². The molecule has 0 spiro atoms. The molecule has 2 aromatic heterocycles. The second kappa shape index (κ2) is 5.58. The van der Waals surface area contributed by atoms with Gasteiger partial charge in [-0.1, -0.05) is 17.7 Å². The lowest BCUT2D eigenvalue weighted by molar-refractivity contribution is -0.0269. The normalized spacial score (nSPS) is 11.8. The Labute approximate surface area is 133 Å². The lowest BCUT2D eigenvalue weighted by Gasteiger charge is -2.18. The average Bonchev–Trinajstić information content (AvgIpc) is 2.50. The van der Waals surface area contributed by atoms with Crippen LogP contribution in [0.25, 0.3) is 10.9 Å². The van der Waals surface area contributed by atoms with Gasteiger partial charge in [-0.15, -0.1) is 0 Å². The first-order valence-electron chi connectivity index (χ1n) is 6.65. The number of hydrogen-bond acceptors (Lipinski definition) is 3. The zero-order valence-corrected chi connectivity index (χ0v) is 12.4. The third-order valence-electron chi connectivity index (χ3n) is 3.37. The van der Waals surface area contributed by atoms with Gasteiger partial charge in [0.2, 0.25) is 5.56 Å². The Kier molecular flexibility index (Phi) is 3.73. The van der Waals surface area contributed by atoms with Crippen LogP contribution in [0.3, 0.4) is 0 Å². The molecule has 0 saturated carbocycles. The van der Waals surface area contributed by atoms with E-state index in [0.29, 0.717) is 10.9 Å². The van der Waals surface area contributed by atoms with Gasteiger partial charge in [0.25, 0.3) is 5.92 Å². The molecular weight excluding hydrogens is 326 g/mol. The van der Waals surface area contributed by atoms with Crippen molar-refractivity contribution in [3.05, 3.63) is 69.0 Å². The second-order valence-electron chi connectivity index (χ2n) is 5.03. The number of nitrogens with zero attached hydrogens (tertiary/aromatic N) is 2. The van der Waals surface area contributed by atoms with Crippen molar-refractivity contribution >= 4 is 22.5 Å². The molecule has 0 bridgehead atoms. The summed E-state index contributed by atoms with van der Waals surface area (Å²) in [6.45, 7) is -0.804. The van der Waals surface area contributed by atoms with Gasteiger partial charge < -0.3 is 4.98 Å². The molecule has 0 aliphatic rings. The highest BCUT2D eigenvalue weighted by Crippen LogP contribution is 2.31. The van der Waals surface area contributed by atoms with E-state index in [0.717, 1.165) is 4.68 Å². The van der Waals surface area contributed by atoms with Crippen molar-refractivity contribution in [2.45, 2.75) is 12.5 Å². The average molecular weight is 337 g/mol. The smallest absolute Gasteiger partial charge is 0.292 e. The molecule has 118 valence electrons. The lowest BCUT2D eigenvalue weighted by Crippen LogP contribution is -2.31. The summed E-state index contributed by atoms with van der Waals surface area (Å²) in [6, 6.07) is 9.40. The molecule has 0 aliphatic heterocycles. The highest BCUT2D eigenvalue weighted by Gasteiger charge is 2.33. The molecule has 3 rings (SSSR count). The second-order valence-corrected chi connectivity index (χ2v) is 5.42. The van der Waals surface area contributed by atoms with Crippen molar-refractivity contribution in [2.75, 3.05) is 0 Å². The van der Waals surface area contributed by atoms with Crippen LogP contribution in [-0.2, 0) is 12.5 Å². The van der Waals surface area contributed by atoms with Gasteiger partial charge in [-0.3, -0.25) is 10.2 Å². The van der Waals surface area contributed by atoms with Gasteiger partial charge in [0.15, 0.2) is 0 Å². The monoisotopic (exact) mass is 336 g/mol. The first-order chi connectivity index (χ1) is 10.8. The zero-order valence-electron chi connectivity index (χ0n) is 11.7. The van der Waals surface area contributed by atoms with Gasteiger partial charge in [-0.2, -0.15) is 13.9 Å². The summed E-state index contributed by atoms with van der Waals surface area (Å²) >= 11 is 5.69. The van der Waals surface area contributed by atoms with Gasteiger partial charge >= 0.3 is 0 Å². The zero-order chi connectivity index (χ0) is 16.6. The molecule has 0 aliphatic carbocycles. The third kappa shape index (κ3) is 3.14. The molecule has 2 N–H and O–H groups in total. The van der Waals surface area contributed by atoms with E-state index in [9.17, 15) is 13.6 Å². The fraction of sp³-hybridized carbons (Fsp3) is 0.133. The largest absolute Gasteiger partial charge is 0.322 e. The quantitative estimate of drug-likeness (QED) is 0.771. The van der Waals surface area contributed by atoms with E-state index >= 15 is 0 Å². The van der Waals surface area contributed by atoms with E-state index < -0.39 is 12.5 Å². The molecule has 8 heteroatoms. The van der Waals surface area contributed by atoms with Crippen molar-refractivity contribution in [1.29, 1.82) is 5.41 Å². The Morgan fingerprint density at radius 3 is 2.78 bits per heavy atom. The number of halogens is 3. The number of benzene rings is 1. The highest BCUT2D eigenvalue weighted by atomic mass is 35.5. The summed E-state index contributed by atoms with van der Waals surface area (Å²) < 4.78 is 29.8. The molecule has 0 fully saturated rings. The minimum atomic E-state index is -3.25. The Morgan fingerprint density at radius 2 is 2.00 bits per heavy atom. The molecule has 0 radical (unpaired) electrons. The molecule has 23 heavy (non-hydrogen) atoms. The van der Waals surface area contributed by atoms with E-state index in [1.807, 2.05) is 0 Å². The first-order valence-corrected chi connectivity index (χ1v) is 7.03. The van der Waals surface area contributed by atoms with Crippen LogP contribution in [0.1, 0.15) is 5.56 Å². The summed E-state index contributed by atoms with van der Waals surface area (Å²) in [5.74, 6) is -3.25. The van der Waals surface area contributed by atoms with Crippen LogP contribution in [0.4, 0.5) is 8.78 Å². The van der Waals surface area contributed by atoms with Crippen molar-refractivity contribution in [2.24, 2.45) is 0 Å². The molecule has 5 nitrogen and oxygen atoms in total. The maximum absolute atomic E-state index is 14.5. The summed E-state index contributed by atoms with van der Waals surface area (Å²) in [5, 5.41) is 11.9. The van der Waals surface area contributed by atoms with Crippen LogP contribution < -0.4 is 11.0 Å². The number of H-pyrrole nitrogens is 1. The van der Waals surface area contributed by atoms with Gasteiger partial charge in [0.1, 0.15) is 17.2 Å². The Hall–Kier alpha value is -2.54. The minimum absolute atomic E-state index is 0.0351. The third-order valence-corrected chi connectivity index (χ3v) is 3.57. The highest BCUT2D eigenvalue weighted by molar-refractivity contribution is 6.29. The Balaban J connectivity index is 2.01. The molecule has 0 unspecified atom stereocenters. The van der Waals surface area contributed by atoms with E-state index in [1.54, 1.807) is 0 Å². The van der Waals surface area contributed by atoms with Crippen LogP contribution in [0.15, 0.2) is 47.3 Å². The SMILES string of the molecule is N=c1ccc(Cl)nn1CC(F)(F)c1ccc2[nH]c(=O)ccc2c1. The molecular formula is C15H11ClF2N4O. The van der Waals surface area contributed by atoms with Crippen molar-refractivity contribution in [3.8, 4) is 0 Å². The minimum Gasteiger partial charge on any atom is -0.322 e. The van der Waals surface area contributed by atoms with Crippen LogP contribution in [0, 0.1) is 5.41 Å². The molecule has 1 aromatic carbocycles. The summed E-state index contributed by atoms with van der Waals surface area (Å²) in [4.78, 5) is 13.8. The van der Waals surface area contributed by atoms with E-state index in [2.05, 4.69) is 10.1 Å².